The van der Waals surface area contributed by atoms with Gasteiger partial charge in [-0.25, -0.2) is 18.1 Å². The second-order valence-electron chi connectivity index (χ2n) is 6.64. The van der Waals surface area contributed by atoms with E-state index in [1.54, 1.807) is 30.3 Å². The van der Waals surface area contributed by atoms with Crippen LogP contribution in [0, 0.1) is 0 Å². The summed E-state index contributed by atoms with van der Waals surface area (Å²) in [6.45, 7) is -0.0442. The summed E-state index contributed by atoms with van der Waals surface area (Å²) in [5, 5.41) is 2.87. The van der Waals surface area contributed by atoms with Crippen molar-refractivity contribution in [3.63, 3.8) is 0 Å². The van der Waals surface area contributed by atoms with E-state index in [1.807, 2.05) is 0 Å². The molecule has 1 amide bonds. The molecule has 0 spiro atoms. The number of hydrogen-bond donors (Lipinski definition) is 2. The first-order valence-corrected chi connectivity index (χ1v) is 10.7. The summed E-state index contributed by atoms with van der Waals surface area (Å²) < 4.78 is 32.6. The molecule has 2 N–H and O–H groups in total. The standard InChI is InChI=1S/C19H18ClN3O4S/c20-14-3-1-2-4-17(14)28(25,26)21-10-9-18(24)22-13-7-8-16-15(11-13)23-19(27-16)12-5-6-12/h1-4,7-8,11-12,21H,5-6,9-10H2,(H,22,24). The molecule has 1 aromatic heterocycles. The first kappa shape index (κ1) is 18.9. The number of carbonyl (C=O) groups is 1. The fraction of sp³-hybridized carbons (Fsp3) is 0.263. The van der Waals surface area contributed by atoms with Gasteiger partial charge in [-0.15, -0.1) is 0 Å². The second-order valence-corrected chi connectivity index (χ2v) is 8.78. The molecule has 4 rings (SSSR count). The van der Waals surface area contributed by atoms with Crippen molar-refractivity contribution in [3.8, 4) is 0 Å². The minimum absolute atomic E-state index is 0.0139. The lowest BCUT2D eigenvalue weighted by Crippen LogP contribution is -2.28. The number of hydrogen-bond acceptors (Lipinski definition) is 5. The van der Waals surface area contributed by atoms with E-state index in [4.69, 9.17) is 16.0 Å². The maximum absolute atomic E-state index is 12.3. The molecule has 146 valence electrons. The molecule has 1 aliphatic carbocycles. The lowest BCUT2D eigenvalue weighted by Gasteiger charge is -2.08. The highest BCUT2D eigenvalue weighted by atomic mass is 35.5. The molecular formula is C19H18ClN3O4S. The van der Waals surface area contributed by atoms with E-state index in [-0.39, 0.29) is 28.8 Å². The summed E-state index contributed by atoms with van der Waals surface area (Å²) in [6.07, 6.45) is 2.18. The second kappa shape index (κ2) is 7.54. The maximum atomic E-state index is 12.3. The van der Waals surface area contributed by atoms with Gasteiger partial charge in [-0.1, -0.05) is 23.7 Å². The fourth-order valence-corrected chi connectivity index (χ4v) is 4.34. The molecule has 0 radical (unpaired) electrons. The van der Waals surface area contributed by atoms with Crippen LogP contribution in [-0.4, -0.2) is 25.9 Å². The van der Waals surface area contributed by atoms with Crippen LogP contribution in [0.15, 0.2) is 51.8 Å². The van der Waals surface area contributed by atoms with Crippen LogP contribution >= 0.6 is 11.6 Å². The summed E-state index contributed by atoms with van der Waals surface area (Å²) in [5.74, 6) is 0.844. The number of nitrogens with one attached hydrogen (secondary N) is 2. The number of fused-ring (bicyclic) bond motifs is 1. The van der Waals surface area contributed by atoms with E-state index >= 15 is 0 Å². The summed E-state index contributed by atoms with van der Waals surface area (Å²) in [7, 11) is -3.77. The third kappa shape index (κ3) is 4.19. The van der Waals surface area contributed by atoms with E-state index in [0.29, 0.717) is 22.7 Å². The van der Waals surface area contributed by atoms with Gasteiger partial charge in [0.2, 0.25) is 15.9 Å². The summed E-state index contributed by atoms with van der Waals surface area (Å²) in [6, 6.07) is 11.4. The maximum Gasteiger partial charge on any atom is 0.242 e. The molecule has 1 aliphatic rings. The average molecular weight is 420 g/mol. The van der Waals surface area contributed by atoms with Crippen LogP contribution < -0.4 is 10.0 Å². The van der Waals surface area contributed by atoms with Crippen LogP contribution in [0.3, 0.4) is 0 Å². The Kier molecular flexibility index (Phi) is 5.09. The van der Waals surface area contributed by atoms with Gasteiger partial charge in [-0.3, -0.25) is 4.79 Å². The van der Waals surface area contributed by atoms with Crippen LogP contribution in [0.2, 0.25) is 5.02 Å². The Morgan fingerprint density at radius 1 is 1.21 bits per heavy atom. The molecule has 7 nitrogen and oxygen atoms in total. The zero-order chi connectivity index (χ0) is 19.7. The fourth-order valence-electron chi connectivity index (χ4n) is 2.79. The molecule has 9 heteroatoms. The highest BCUT2D eigenvalue weighted by molar-refractivity contribution is 7.89. The smallest absolute Gasteiger partial charge is 0.242 e. The van der Waals surface area contributed by atoms with Crippen molar-refractivity contribution >= 4 is 44.3 Å². The van der Waals surface area contributed by atoms with Crippen LogP contribution in [0.1, 0.15) is 31.1 Å². The third-order valence-corrected chi connectivity index (χ3v) is 6.35. The van der Waals surface area contributed by atoms with Gasteiger partial charge < -0.3 is 9.73 Å². The molecule has 3 aromatic rings. The molecule has 1 saturated carbocycles. The number of aromatic nitrogens is 1. The van der Waals surface area contributed by atoms with E-state index in [0.717, 1.165) is 18.7 Å². The molecular weight excluding hydrogens is 402 g/mol. The Hall–Kier alpha value is -2.42. The topological polar surface area (TPSA) is 101 Å². The van der Waals surface area contributed by atoms with Gasteiger partial charge in [0.25, 0.3) is 0 Å². The number of anilines is 1. The van der Waals surface area contributed by atoms with Gasteiger partial charge in [-0.2, -0.15) is 0 Å². The van der Waals surface area contributed by atoms with Gasteiger partial charge >= 0.3 is 0 Å². The number of sulfonamides is 1. The monoisotopic (exact) mass is 419 g/mol. The molecule has 0 aliphatic heterocycles. The third-order valence-electron chi connectivity index (χ3n) is 4.38. The molecule has 0 bridgehead atoms. The Balaban J connectivity index is 1.34. The zero-order valence-electron chi connectivity index (χ0n) is 14.8. The number of amides is 1. The van der Waals surface area contributed by atoms with Crippen LogP contribution in [0.4, 0.5) is 5.69 Å². The van der Waals surface area contributed by atoms with Crippen molar-refractivity contribution in [2.75, 3.05) is 11.9 Å². The highest BCUT2D eigenvalue weighted by Gasteiger charge is 2.28. The SMILES string of the molecule is O=C(CCNS(=O)(=O)c1ccccc1Cl)Nc1ccc2oc(C3CC3)nc2c1. The predicted molar refractivity (Wildman–Crippen MR) is 106 cm³/mol. The van der Waals surface area contributed by atoms with E-state index in [1.165, 1.54) is 12.1 Å². The van der Waals surface area contributed by atoms with E-state index in [2.05, 4.69) is 15.0 Å². The van der Waals surface area contributed by atoms with Crippen molar-refractivity contribution in [1.82, 2.24) is 9.71 Å². The largest absolute Gasteiger partial charge is 0.440 e. The Morgan fingerprint density at radius 3 is 2.75 bits per heavy atom. The quantitative estimate of drug-likeness (QED) is 0.608. The number of oxazole rings is 1. The number of carbonyl (C=O) groups excluding carboxylic acids is 1. The predicted octanol–water partition coefficient (Wildman–Crippen LogP) is 3.67. The minimum Gasteiger partial charge on any atom is -0.440 e. The molecule has 1 fully saturated rings. The van der Waals surface area contributed by atoms with Gasteiger partial charge in [0, 0.05) is 24.6 Å². The average Bonchev–Trinajstić information content (AvgIpc) is 3.41. The van der Waals surface area contributed by atoms with Gasteiger partial charge in [0.05, 0.1) is 5.02 Å². The number of rotatable bonds is 7. The number of nitrogens with zero attached hydrogens (tertiary/aromatic N) is 1. The molecule has 0 atom stereocenters. The van der Waals surface area contributed by atoms with Gasteiger partial charge in [-0.05, 0) is 43.2 Å². The van der Waals surface area contributed by atoms with Crippen LogP contribution in [0.25, 0.3) is 11.1 Å². The Labute approximate surface area is 167 Å². The number of halogens is 1. The Morgan fingerprint density at radius 2 is 2.00 bits per heavy atom. The molecule has 0 saturated heterocycles. The minimum atomic E-state index is -3.77. The van der Waals surface area contributed by atoms with Crippen molar-refractivity contribution < 1.29 is 17.6 Å². The summed E-state index contributed by atoms with van der Waals surface area (Å²) in [5.41, 5.74) is 1.97. The summed E-state index contributed by atoms with van der Waals surface area (Å²) in [4.78, 5) is 16.6. The van der Waals surface area contributed by atoms with Crippen molar-refractivity contribution in [2.24, 2.45) is 0 Å². The molecule has 0 unspecified atom stereocenters. The Bertz CT molecular complexity index is 1140. The van der Waals surface area contributed by atoms with Crippen LogP contribution in [-0.2, 0) is 14.8 Å². The van der Waals surface area contributed by atoms with Crippen molar-refractivity contribution in [1.29, 1.82) is 0 Å². The first-order chi connectivity index (χ1) is 13.4. The lowest BCUT2D eigenvalue weighted by molar-refractivity contribution is -0.116. The van der Waals surface area contributed by atoms with Crippen LogP contribution in [0.5, 0.6) is 0 Å². The lowest BCUT2D eigenvalue weighted by atomic mass is 10.2. The normalized spacial score (nSPS) is 14.3. The van der Waals surface area contributed by atoms with Crippen molar-refractivity contribution in [3.05, 3.63) is 53.4 Å². The van der Waals surface area contributed by atoms with Gasteiger partial charge in [0.15, 0.2) is 11.5 Å². The first-order valence-electron chi connectivity index (χ1n) is 8.87. The zero-order valence-corrected chi connectivity index (χ0v) is 16.4. The molecule has 2 aromatic carbocycles. The van der Waals surface area contributed by atoms with Gasteiger partial charge in [0.1, 0.15) is 10.4 Å². The number of benzene rings is 2. The summed E-state index contributed by atoms with van der Waals surface area (Å²) >= 11 is 5.92. The highest BCUT2D eigenvalue weighted by Crippen LogP contribution is 2.40. The molecule has 28 heavy (non-hydrogen) atoms. The molecule has 1 heterocycles. The van der Waals surface area contributed by atoms with Crippen molar-refractivity contribution in [2.45, 2.75) is 30.1 Å². The van der Waals surface area contributed by atoms with E-state index < -0.39 is 10.0 Å². The van der Waals surface area contributed by atoms with E-state index in [9.17, 15) is 13.2 Å².